The number of hydrogen-bond acceptors (Lipinski definition) is 6. The Labute approximate surface area is 114 Å². The van der Waals surface area contributed by atoms with Crippen molar-refractivity contribution in [1.29, 1.82) is 0 Å². The Morgan fingerprint density at radius 1 is 1.25 bits per heavy atom. The van der Waals surface area contributed by atoms with Crippen LogP contribution in [0.25, 0.3) is 22.7 Å². The first kappa shape index (κ1) is 12.5. The average Bonchev–Trinajstić information content (AvgIpc) is 3.08. The molecule has 0 radical (unpaired) electrons. The van der Waals surface area contributed by atoms with E-state index in [0.717, 1.165) is 12.8 Å². The molecule has 0 spiro atoms. The molecule has 3 aromatic rings. The average molecular weight is 273 g/mol. The Morgan fingerprint density at radius 3 is 2.70 bits per heavy atom. The quantitative estimate of drug-likeness (QED) is 0.749. The Hall–Kier alpha value is -2.51. The highest BCUT2D eigenvalue weighted by atomic mass is 16.3. The van der Waals surface area contributed by atoms with Crippen LogP contribution >= 0.6 is 0 Å². The highest BCUT2D eigenvalue weighted by Gasteiger charge is 2.19. The zero-order valence-electron chi connectivity index (χ0n) is 11.3. The highest BCUT2D eigenvalue weighted by Crippen LogP contribution is 2.27. The van der Waals surface area contributed by atoms with Crippen LogP contribution in [0.2, 0.25) is 0 Å². The van der Waals surface area contributed by atoms with Gasteiger partial charge in [-0.1, -0.05) is 19.1 Å². The Kier molecular flexibility index (Phi) is 3.05. The molecular weight excluding hydrogens is 258 g/mol. The molecule has 20 heavy (non-hydrogen) atoms. The molecule has 3 aromatic heterocycles. The molecule has 3 heterocycles. The molecule has 0 aliphatic carbocycles. The standard InChI is InChI=1S/C12H15N7O/c1-3-7(4-2)19-11-10(16-12(19)20)13-5-8(15-11)9-6-14-18-17-9/h5-7H,3-4H2,1-2H3,(H,13,16,20)(H,14,17,18). The van der Waals surface area contributed by atoms with Gasteiger partial charge in [-0.05, 0) is 12.8 Å². The number of nitrogens with one attached hydrogen (secondary N) is 1. The molecule has 0 amide bonds. The third kappa shape index (κ3) is 1.89. The number of hydrogen-bond donors (Lipinski definition) is 2. The van der Waals surface area contributed by atoms with Crippen molar-refractivity contribution in [3.8, 4) is 17.4 Å². The van der Waals surface area contributed by atoms with Gasteiger partial charge in [0.2, 0.25) is 5.65 Å². The maximum absolute atomic E-state index is 10.0. The fourth-order valence-electron chi connectivity index (χ4n) is 2.30. The monoisotopic (exact) mass is 273 g/mol. The number of aromatic amines is 1. The molecular formula is C12H15N7O. The van der Waals surface area contributed by atoms with Gasteiger partial charge in [0.25, 0.3) is 6.01 Å². The van der Waals surface area contributed by atoms with E-state index in [-0.39, 0.29) is 12.1 Å². The van der Waals surface area contributed by atoms with Crippen molar-refractivity contribution in [2.75, 3.05) is 0 Å². The van der Waals surface area contributed by atoms with Crippen LogP contribution in [0.1, 0.15) is 32.7 Å². The van der Waals surface area contributed by atoms with E-state index in [1.165, 1.54) is 0 Å². The lowest BCUT2D eigenvalue weighted by Gasteiger charge is -2.15. The Balaban J connectivity index is 2.19. The van der Waals surface area contributed by atoms with E-state index in [0.29, 0.717) is 22.7 Å². The normalized spacial score (nSPS) is 11.6. The van der Waals surface area contributed by atoms with Gasteiger partial charge in [0, 0.05) is 6.04 Å². The third-order valence-electron chi connectivity index (χ3n) is 3.37. The van der Waals surface area contributed by atoms with Gasteiger partial charge >= 0.3 is 0 Å². The summed E-state index contributed by atoms with van der Waals surface area (Å²) >= 11 is 0. The topological polar surface area (TPSA) is 105 Å². The highest BCUT2D eigenvalue weighted by molar-refractivity contribution is 5.71. The second-order valence-corrected chi connectivity index (χ2v) is 4.51. The van der Waals surface area contributed by atoms with Crippen LogP contribution in [0.4, 0.5) is 0 Å². The minimum absolute atomic E-state index is 0.0500. The fourth-order valence-corrected chi connectivity index (χ4v) is 2.30. The smallest absolute Gasteiger partial charge is 0.297 e. The van der Waals surface area contributed by atoms with Crippen molar-refractivity contribution < 1.29 is 5.11 Å². The second-order valence-electron chi connectivity index (χ2n) is 4.51. The van der Waals surface area contributed by atoms with Crippen molar-refractivity contribution in [2.24, 2.45) is 0 Å². The zero-order valence-corrected chi connectivity index (χ0v) is 11.3. The van der Waals surface area contributed by atoms with Gasteiger partial charge in [0.1, 0.15) is 11.4 Å². The van der Waals surface area contributed by atoms with E-state index < -0.39 is 0 Å². The van der Waals surface area contributed by atoms with Crippen molar-refractivity contribution in [1.82, 2.24) is 34.9 Å². The number of nitrogens with zero attached hydrogens (tertiary/aromatic N) is 6. The van der Waals surface area contributed by atoms with Crippen molar-refractivity contribution >= 4 is 11.3 Å². The first-order valence-corrected chi connectivity index (χ1v) is 6.55. The van der Waals surface area contributed by atoms with Crippen molar-refractivity contribution in [2.45, 2.75) is 32.7 Å². The summed E-state index contributed by atoms with van der Waals surface area (Å²) in [6, 6.07) is 0.0906. The van der Waals surface area contributed by atoms with Gasteiger partial charge in [0.05, 0.1) is 12.4 Å². The third-order valence-corrected chi connectivity index (χ3v) is 3.37. The van der Waals surface area contributed by atoms with E-state index in [9.17, 15) is 5.11 Å². The van der Waals surface area contributed by atoms with E-state index in [4.69, 9.17) is 0 Å². The molecule has 0 atom stereocenters. The molecule has 104 valence electrons. The lowest BCUT2D eigenvalue weighted by atomic mass is 10.2. The molecule has 0 aliphatic rings. The lowest BCUT2D eigenvalue weighted by Crippen LogP contribution is -2.07. The summed E-state index contributed by atoms with van der Waals surface area (Å²) in [5, 5.41) is 20.2. The molecule has 8 heteroatoms. The number of H-pyrrole nitrogens is 1. The molecule has 8 nitrogen and oxygen atoms in total. The molecule has 0 bridgehead atoms. The number of rotatable bonds is 4. The van der Waals surface area contributed by atoms with E-state index in [1.54, 1.807) is 17.0 Å². The first-order chi connectivity index (χ1) is 9.74. The maximum Gasteiger partial charge on any atom is 0.297 e. The van der Waals surface area contributed by atoms with Gasteiger partial charge in [-0.3, -0.25) is 9.67 Å². The lowest BCUT2D eigenvalue weighted by molar-refractivity contribution is 0.360. The van der Waals surface area contributed by atoms with Crippen LogP contribution < -0.4 is 0 Å². The number of imidazole rings is 1. The Bertz CT molecular complexity index is 715. The summed E-state index contributed by atoms with van der Waals surface area (Å²) in [5.74, 6) is 0. The summed E-state index contributed by atoms with van der Waals surface area (Å²) in [5.41, 5.74) is 2.20. The first-order valence-electron chi connectivity index (χ1n) is 6.55. The predicted octanol–water partition coefficient (Wildman–Crippen LogP) is 1.68. The van der Waals surface area contributed by atoms with Crippen molar-refractivity contribution in [3.05, 3.63) is 12.4 Å². The maximum atomic E-state index is 10.0. The van der Waals surface area contributed by atoms with Crippen molar-refractivity contribution in [3.63, 3.8) is 0 Å². The van der Waals surface area contributed by atoms with Crippen LogP contribution in [0, 0.1) is 0 Å². The summed E-state index contributed by atoms with van der Waals surface area (Å²) in [6.45, 7) is 4.13. The van der Waals surface area contributed by atoms with Crippen LogP contribution in [-0.2, 0) is 0 Å². The molecule has 0 saturated carbocycles. The summed E-state index contributed by atoms with van der Waals surface area (Å²) in [4.78, 5) is 12.8. The number of fused-ring (bicyclic) bond motifs is 1. The van der Waals surface area contributed by atoms with Gasteiger partial charge in [-0.2, -0.15) is 4.98 Å². The second kappa shape index (κ2) is 4.87. The largest absolute Gasteiger partial charge is 0.480 e. The molecule has 0 saturated heterocycles. The van der Waals surface area contributed by atoms with Gasteiger partial charge < -0.3 is 5.11 Å². The molecule has 0 aliphatic heterocycles. The predicted molar refractivity (Wildman–Crippen MR) is 72.0 cm³/mol. The summed E-state index contributed by atoms with van der Waals surface area (Å²) in [7, 11) is 0. The van der Waals surface area contributed by atoms with E-state index in [2.05, 4.69) is 44.2 Å². The fraction of sp³-hybridized carbons (Fsp3) is 0.417. The van der Waals surface area contributed by atoms with Crippen LogP contribution in [0.5, 0.6) is 6.01 Å². The van der Waals surface area contributed by atoms with Gasteiger partial charge in [-0.25, -0.2) is 9.97 Å². The summed E-state index contributed by atoms with van der Waals surface area (Å²) < 4.78 is 1.73. The molecule has 0 aromatic carbocycles. The number of aromatic hydroxyl groups is 1. The number of aromatic nitrogens is 7. The van der Waals surface area contributed by atoms with Gasteiger partial charge in [-0.15, -0.1) is 5.10 Å². The minimum Gasteiger partial charge on any atom is -0.480 e. The van der Waals surface area contributed by atoms with E-state index in [1.807, 2.05) is 0 Å². The summed E-state index contributed by atoms with van der Waals surface area (Å²) in [6.07, 6.45) is 4.98. The molecule has 2 N–H and O–H groups in total. The Morgan fingerprint density at radius 2 is 2.05 bits per heavy atom. The van der Waals surface area contributed by atoms with Crippen LogP contribution in [0.3, 0.4) is 0 Å². The molecule has 0 unspecified atom stereocenters. The van der Waals surface area contributed by atoms with Gasteiger partial charge in [0.15, 0.2) is 5.65 Å². The van der Waals surface area contributed by atoms with E-state index >= 15 is 0 Å². The minimum atomic E-state index is -0.0500. The zero-order chi connectivity index (χ0) is 14.1. The molecule has 3 rings (SSSR count). The van der Waals surface area contributed by atoms with Crippen LogP contribution in [0.15, 0.2) is 12.4 Å². The SMILES string of the molecule is CCC(CC)n1c(O)nc2ncc(-c3c[nH]nn3)nc21. The van der Waals surface area contributed by atoms with Crippen LogP contribution in [-0.4, -0.2) is 40.0 Å². The molecule has 0 fully saturated rings.